The van der Waals surface area contributed by atoms with Crippen LogP contribution in [0.25, 0.3) is 0 Å². The first-order chi connectivity index (χ1) is 11.2. The van der Waals surface area contributed by atoms with Gasteiger partial charge in [-0.2, -0.15) is 0 Å². The highest BCUT2D eigenvalue weighted by atomic mass is 16.5. The molecule has 0 amide bonds. The number of carbonyl (C=O) groups excluding carboxylic acids is 3. The van der Waals surface area contributed by atoms with E-state index in [1.165, 1.54) is 20.8 Å². The molecular formula is C19H24O5. The van der Waals surface area contributed by atoms with E-state index in [4.69, 9.17) is 4.74 Å². The van der Waals surface area contributed by atoms with Crippen molar-refractivity contribution in [1.82, 2.24) is 0 Å². The highest BCUT2D eigenvalue weighted by Gasteiger charge is 2.53. The first kappa shape index (κ1) is 18.3. The average Bonchev–Trinajstić information content (AvgIpc) is 2.45. The van der Waals surface area contributed by atoms with Crippen LogP contribution in [0.4, 0.5) is 0 Å². The molecule has 1 aromatic carbocycles. The summed E-state index contributed by atoms with van der Waals surface area (Å²) in [6, 6.07) is 7.02. The number of carbonyl (C=O) groups is 3. The lowest BCUT2D eigenvalue weighted by molar-refractivity contribution is -0.151. The lowest BCUT2D eigenvalue weighted by atomic mass is 9.60. The van der Waals surface area contributed by atoms with Crippen LogP contribution in [0.2, 0.25) is 0 Å². The minimum absolute atomic E-state index is 0.185. The lowest BCUT2D eigenvalue weighted by Crippen LogP contribution is -2.53. The van der Waals surface area contributed by atoms with Crippen molar-refractivity contribution in [3.63, 3.8) is 0 Å². The van der Waals surface area contributed by atoms with Crippen LogP contribution in [0, 0.1) is 11.8 Å². The molecule has 1 fully saturated rings. The predicted molar refractivity (Wildman–Crippen MR) is 88.9 cm³/mol. The molecule has 5 nitrogen and oxygen atoms in total. The molecule has 0 radical (unpaired) electrons. The highest BCUT2D eigenvalue weighted by molar-refractivity contribution is 6.05. The van der Waals surface area contributed by atoms with E-state index in [0.29, 0.717) is 17.9 Å². The molecule has 0 unspecified atom stereocenters. The van der Waals surface area contributed by atoms with Crippen molar-refractivity contribution < 1.29 is 24.2 Å². The Kier molecular flexibility index (Phi) is 5.23. The fourth-order valence-electron chi connectivity index (χ4n) is 3.86. The maximum atomic E-state index is 12.5. The van der Waals surface area contributed by atoms with Crippen molar-refractivity contribution in [2.24, 2.45) is 11.8 Å². The summed E-state index contributed by atoms with van der Waals surface area (Å²) < 4.78 is 5.41. The fraction of sp³-hybridized carbons (Fsp3) is 0.526. The van der Waals surface area contributed by atoms with E-state index in [2.05, 4.69) is 0 Å². The zero-order valence-corrected chi connectivity index (χ0v) is 14.5. The molecule has 0 aliphatic heterocycles. The Morgan fingerprint density at radius 1 is 1.21 bits per heavy atom. The summed E-state index contributed by atoms with van der Waals surface area (Å²) in [5, 5.41) is 10.7. The summed E-state index contributed by atoms with van der Waals surface area (Å²) in [6.07, 6.45) is -0.185. The maximum absolute atomic E-state index is 12.5. The summed E-state index contributed by atoms with van der Waals surface area (Å²) in [6.45, 7) is 6.66. The van der Waals surface area contributed by atoms with E-state index in [0.717, 1.165) is 0 Å². The van der Waals surface area contributed by atoms with Crippen molar-refractivity contribution in [2.45, 2.75) is 45.6 Å². The Morgan fingerprint density at radius 2 is 1.79 bits per heavy atom. The Balaban J connectivity index is 2.53. The lowest BCUT2D eigenvalue weighted by Gasteiger charge is -2.44. The van der Waals surface area contributed by atoms with E-state index < -0.39 is 23.4 Å². The number of aliphatic hydroxyl groups is 1. The Labute approximate surface area is 142 Å². The molecule has 5 heteroatoms. The summed E-state index contributed by atoms with van der Waals surface area (Å²) in [5.41, 5.74) is -0.773. The van der Waals surface area contributed by atoms with Crippen molar-refractivity contribution in [1.29, 1.82) is 0 Å². The van der Waals surface area contributed by atoms with Gasteiger partial charge in [-0.15, -0.1) is 0 Å². The van der Waals surface area contributed by atoms with Gasteiger partial charge in [0.05, 0.1) is 24.0 Å². The van der Waals surface area contributed by atoms with Crippen LogP contribution in [0.15, 0.2) is 24.3 Å². The van der Waals surface area contributed by atoms with Crippen LogP contribution < -0.4 is 4.74 Å². The van der Waals surface area contributed by atoms with Gasteiger partial charge in [0.25, 0.3) is 0 Å². The standard InChI is InChI=1S/C19H24O5/c1-5-24-14-8-6-13(7-9-14)17-16(11(2)20)15(22)10-19(4,23)18(17)12(3)21/h6-9,16-18,23H,5,10H2,1-4H3/t16-,17-,18+,19+/m0/s1. The smallest absolute Gasteiger partial charge is 0.146 e. The van der Waals surface area contributed by atoms with Gasteiger partial charge in [0.15, 0.2) is 0 Å². The van der Waals surface area contributed by atoms with Gasteiger partial charge in [0.2, 0.25) is 0 Å². The highest BCUT2D eigenvalue weighted by Crippen LogP contribution is 2.46. The van der Waals surface area contributed by atoms with Gasteiger partial charge < -0.3 is 9.84 Å². The van der Waals surface area contributed by atoms with Crippen molar-refractivity contribution in [3.05, 3.63) is 29.8 Å². The molecular weight excluding hydrogens is 308 g/mol. The summed E-state index contributed by atoms with van der Waals surface area (Å²) >= 11 is 0. The summed E-state index contributed by atoms with van der Waals surface area (Å²) in [4.78, 5) is 36.8. The number of rotatable bonds is 5. The quantitative estimate of drug-likeness (QED) is 0.837. The molecule has 1 N–H and O–H groups in total. The number of Topliss-reactive ketones (excluding diaryl/α,β-unsaturated/α-hetero) is 3. The van der Waals surface area contributed by atoms with Crippen LogP contribution in [0.5, 0.6) is 5.75 Å². The zero-order valence-electron chi connectivity index (χ0n) is 14.5. The summed E-state index contributed by atoms with van der Waals surface area (Å²) in [7, 11) is 0. The molecule has 0 saturated heterocycles. The van der Waals surface area contributed by atoms with Gasteiger partial charge in [-0.25, -0.2) is 0 Å². The second kappa shape index (κ2) is 6.85. The van der Waals surface area contributed by atoms with Crippen LogP contribution >= 0.6 is 0 Å². The van der Waals surface area contributed by atoms with Gasteiger partial charge in [-0.05, 0) is 45.4 Å². The molecule has 1 aliphatic carbocycles. The maximum Gasteiger partial charge on any atom is 0.146 e. The molecule has 24 heavy (non-hydrogen) atoms. The van der Waals surface area contributed by atoms with Gasteiger partial charge >= 0.3 is 0 Å². The molecule has 1 saturated carbocycles. The van der Waals surface area contributed by atoms with Gasteiger partial charge in [-0.3, -0.25) is 14.4 Å². The minimum atomic E-state index is -1.46. The fourth-order valence-corrected chi connectivity index (χ4v) is 3.86. The van der Waals surface area contributed by atoms with Crippen molar-refractivity contribution in [2.75, 3.05) is 6.61 Å². The van der Waals surface area contributed by atoms with E-state index >= 15 is 0 Å². The van der Waals surface area contributed by atoms with Crippen LogP contribution in [0.3, 0.4) is 0 Å². The van der Waals surface area contributed by atoms with E-state index in [1.54, 1.807) is 24.3 Å². The zero-order chi connectivity index (χ0) is 18.1. The Bertz CT molecular complexity index is 644. The average molecular weight is 332 g/mol. The molecule has 0 spiro atoms. The number of ether oxygens (including phenoxy) is 1. The third-order valence-corrected chi connectivity index (χ3v) is 4.72. The van der Waals surface area contributed by atoms with E-state index in [1.807, 2.05) is 6.92 Å². The molecule has 1 aliphatic rings. The van der Waals surface area contributed by atoms with Crippen LogP contribution in [-0.4, -0.2) is 34.7 Å². The first-order valence-electron chi connectivity index (χ1n) is 8.17. The third-order valence-electron chi connectivity index (χ3n) is 4.72. The van der Waals surface area contributed by atoms with Crippen molar-refractivity contribution in [3.8, 4) is 5.75 Å². The number of benzene rings is 1. The second-order valence-corrected chi connectivity index (χ2v) is 6.70. The largest absolute Gasteiger partial charge is 0.494 e. The number of hydrogen-bond donors (Lipinski definition) is 1. The first-order valence-corrected chi connectivity index (χ1v) is 8.17. The monoisotopic (exact) mass is 332 g/mol. The SMILES string of the molecule is CCOc1ccc([C@H]2[C@@H](C(C)=O)C(=O)C[C@@](C)(O)[C@@H]2C(C)=O)cc1. The molecule has 1 aromatic rings. The predicted octanol–water partition coefficient (Wildman–Crippen LogP) is 2.30. The van der Waals surface area contributed by atoms with Crippen LogP contribution in [-0.2, 0) is 14.4 Å². The normalized spacial score (nSPS) is 30.0. The van der Waals surface area contributed by atoms with Gasteiger partial charge in [0.1, 0.15) is 23.1 Å². The molecule has 130 valence electrons. The van der Waals surface area contributed by atoms with E-state index in [-0.39, 0.29) is 23.8 Å². The molecule has 0 bridgehead atoms. The van der Waals surface area contributed by atoms with E-state index in [9.17, 15) is 19.5 Å². The van der Waals surface area contributed by atoms with Crippen LogP contribution in [0.1, 0.15) is 45.6 Å². The minimum Gasteiger partial charge on any atom is -0.494 e. The Morgan fingerprint density at radius 3 is 2.25 bits per heavy atom. The summed E-state index contributed by atoms with van der Waals surface area (Å²) in [5.74, 6) is -2.51. The molecule has 2 rings (SSSR count). The Hall–Kier alpha value is -2.01. The third kappa shape index (κ3) is 3.41. The second-order valence-electron chi connectivity index (χ2n) is 6.70. The molecule has 4 atom stereocenters. The number of hydrogen-bond acceptors (Lipinski definition) is 5. The number of ketones is 3. The van der Waals surface area contributed by atoms with Gasteiger partial charge in [-0.1, -0.05) is 12.1 Å². The van der Waals surface area contributed by atoms with Crippen molar-refractivity contribution >= 4 is 17.3 Å². The molecule has 0 aromatic heterocycles. The van der Waals surface area contributed by atoms with Gasteiger partial charge in [0, 0.05) is 12.3 Å². The topological polar surface area (TPSA) is 80.7 Å². The molecule has 0 heterocycles.